The number of nitrogens with zero attached hydrogens (tertiary/aromatic N) is 14. The molecule has 0 aliphatic heterocycles. The molecule has 0 spiro atoms. The van der Waals surface area contributed by atoms with E-state index in [0.29, 0.717) is 0 Å². The maximum Gasteiger partial charge on any atom is 0.125 e. The van der Waals surface area contributed by atoms with E-state index < -0.39 is 0 Å². The molecule has 396 valence electrons. The first-order valence-corrected chi connectivity index (χ1v) is 25.0. The molecule has 0 N–H and O–H groups in total. The molecule has 0 aliphatic carbocycles. The molecule has 8 aromatic heterocycles. The molecule has 14 nitrogen and oxygen atoms in total. The van der Waals surface area contributed by atoms with Crippen LogP contribution >= 0.6 is 0 Å². The van der Waals surface area contributed by atoms with Gasteiger partial charge in [0.1, 0.15) is 12.2 Å². The minimum absolute atomic E-state index is 0.822. The van der Waals surface area contributed by atoms with Gasteiger partial charge in [0, 0.05) is 86.6 Å². The molecule has 0 aromatic carbocycles. The number of hydrogen-bond acceptors (Lipinski definition) is 13. The molecule has 0 atom stereocenters. The Kier molecular flexibility index (Phi) is 87.9. The first-order valence-electron chi connectivity index (χ1n) is 25.0. The standard InChI is InChI=1S/3C6H7N.4C5H6N2.C3H5N3.8C2H6/c1-6-2-4-7-5-3-6;1-6-3-2-4-7-5-6;1-6-4-2-3-5-7-6;1-5-2-3-6-4-7-5;1-5-2-3-6-7-4-5;1-5-6-3-2-4-7-5;1-5-3-2-4-6-7-5;1-6-3-2-4-5-6;8*1-2/h3*2-5H,1H3;4*2-4H,1H3;2-3H,1H3;8*1-2H3. The van der Waals surface area contributed by atoms with Crippen molar-refractivity contribution in [3.05, 3.63) is 199 Å². The average Bonchev–Trinajstić information content (AvgIpc) is 3.94. The van der Waals surface area contributed by atoms with Crippen LogP contribution in [0.3, 0.4) is 0 Å². The molecule has 0 saturated heterocycles. The molecule has 0 radical (unpaired) electrons. The lowest BCUT2D eigenvalue weighted by Gasteiger charge is -1.82. The SMILES string of the molecule is CC.CC.CC.CC.CC.CC.CC.CC.Cc1ccccn1.Cc1cccnc1.Cc1cccnn1.Cc1ccncc1.Cc1ccncn1.Cc1ccnnc1.Cc1ncccn1.Cn1ccnn1. The van der Waals surface area contributed by atoms with Crippen molar-refractivity contribution in [2.75, 3.05) is 0 Å². The van der Waals surface area contributed by atoms with Gasteiger partial charge in [-0.1, -0.05) is 128 Å². The van der Waals surface area contributed by atoms with Crippen LogP contribution in [0.5, 0.6) is 0 Å². The number of rotatable bonds is 0. The zero-order valence-corrected chi connectivity index (χ0v) is 48.8. The minimum atomic E-state index is 0.822. The first kappa shape index (κ1) is 80.9. The van der Waals surface area contributed by atoms with Crippen molar-refractivity contribution in [2.24, 2.45) is 7.05 Å². The summed E-state index contributed by atoms with van der Waals surface area (Å²) in [5.74, 6) is 0.822. The second kappa shape index (κ2) is 77.1. The molecule has 0 bridgehead atoms. The molecule has 8 heterocycles. The van der Waals surface area contributed by atoms with Gasteiger partial charge in [0.25, 0.3) is 0 Å². The molecule has 0 aliphatic rings. The van der Waals surface area contributed by atoms with Gasteiger partial charge in [-0.15, -0.1) is 5.10 Å². The fourth-order valence-corrected chi connectivity index (χ4v) is 3.06. The van der Waals surface area contributed by atoms with E-state index in [0.717, 1.165) is 28.5 Å². The van der Waals surface area contributed by atoms with E-state index in [-0.39, 0.29) is 0 Å². The normalized spacial score (nSPS) is 7.44. The maximum absolute atomic E-state index is 3.98. The van der Waals surface area contributed by atoms with Gasteiger partial charge in [0.05, 0.1) is 18.1 Å². The third kappa shape index (κ3) is 74.7. The average molecular weight is 980 g/mol. The monoisotopic (exact) mass is 979 g/mol. The van der Waals surface area contributed by atoms with Gasteiger partial charge in [-0.25, -0.2) is 19.9 Å². The Morgan fingerprint density at radius 2 is 0.831 bits per heavy atom. The Morgan fingerprint density at radius 3 is 1.04 bits per heavy atom. The van der Waals surface area contributed by atoms with E-state index in [1.807, 2.05) is 239 Å². The highest BCUT2D eigenvalue weighted by atomic mass is 15.4. The van der Waals surface area contributed by atoms with Crippen LogP contribution in [0.25, 0.3) is 0 Å². The van der Waals surface area contributed by atoms with E-state index in [1.54, 1.807) is 85.1 Å². The zero-order chi connectivity index (χ0) is 56.2. The van der Waals surface area contributed by atoms with Crippen molar-refractivity contribution in [2.45, 2.75) is 159 Å². The Hall–Kier alpha value is -7.09. The summed E-state index contributed by atoms with van der Waals surface area (Å²) >= 11 is 0. The lowest BCUT2D eigenvalue weighted by atomic mass is 10.3. The van der Waals surface area contributed by atoms with Crippen molar-refractivity contribution in [1.82, 2.24) is 70.3 Å². The van der Waals surface area contributed by atoms with Gasteiger partial charge in [-0.05, 0) is 126 Å². The summed E-state index contributed by atoms with van der Waals surface area (Å²) in [4.78, 5) is 27.0. The molecule has 8 rings (SSSR count). The van der Waals surface area contributed by atoms with Gasteiger partial charge in [0.15, 0.2) is 0 Å². The van der Waals surface area contributed by atoms with Crippen LogP contribution in [0.15, 0.2) is 160 Å². The minimum Gasteiger partial charge on any atom is -0.265 e. The van der Waals surface area contributed by atoms with Crippen LogP contribution in [-0.4, -0.2) is 70.3 Å². The first-order chi connectivity index (χ1) is 34.7. The van der Waals surface area contributed by atoms with Crippen molar-refractivity contribution >= 4 is 0 Å². The van der Waals surface area contributed by atoms with E-state index >= 15 is 0 Å². The topological polar surface area (TPSA) is 172 Å². The van der Waals surface area contributed by atoms with Crippen molar-refractivity contribution in [3.63, 3.8) is 0 Å². The fourth-order valence-electron chi connectivity index (χ4n) is 3.06. The second-order valence-electron chi connectivity index (χ2n) is 11.0. The predicted octanol–water partition coefficient (Wildman–Crippen LogP) is 15.3. The Balaban J connectivity index is -0.000000102. The molecular formula is C57H98N14. The third-order valence-electron chi connectivity index (χ3n) is 5.87. The van der Waals surface area contributed by atoms with Gasteiger partial charge >= 0.3 is 0 Å². The smallest absolute Gasteiger partial charge is 0.125 e. The molecule has 0 saturated carbocycles. The number of pyridine rings is 3. The van der Waals surface area contributed by atoms with Crippen LogP contribution in [0.2, 0.25) is 0 Å². The van der Waals surface area contributed by atoms with Crippen LogP contribution in [0.4, 0.5) is 0 Å². The van der Waals surface area contributed by atoms with E-state index in [1.165, 1.54) is 17.5 Å². The van der Waals surface area contributed by atoms with Gasteiger partial charge in [-0.2, -0.15) is 20.4 Å². The zero-order valence-electron chi connectivity index (χ0n) is 48.8. The highest BCUT2D eigenvalue weighted by Gasteiger charge is 1.78. The molecule has 71 heavy (non-hydrogen) atoms. The summed E-state index contributed by atoms with van der Waals surface area (Å²) in [6.45, 7) is 45.7. The third-order valence-corrected chi connectivity index (χ3v) is 5.87. The van der Waals surface area contributed by atoms with Crippen LogP contribution in [0.1, 0.15) is 150 Å². The Morgan fingerprint density at radius 1 is 0.324 bits per heavy atom. The van der Waals surface area contributed by atoms with E-state index in [9.17, 15) is 0 Å². The summed E-state index contributed by atoms with van der Waals surface area (Å²) in [6.07, 6.45) is 24.2. The van der Waals surface area contributed by atoms with Gasteiger partial charge in [0.2, 0.25) is 0 Å². The highest BCUT2D eigenvalue weighted by Crippen LogP contribution is 1.90. The van der Waals surface area contributed by atoms with Gasteiger partial charge < -0.3 is 0 Å². The Labute approximate surface area is 434 Å². The summed E-state index contributed by atoms with van der Waals surface area (Å²) in [5, 5.41) is 21.7. The predicted molar refractivity (Wildman–Crippen MR) is 306 cm³/mol. The molecule has 0 amide bonds. The second-order valence-corrected chi connectivity index (χ2v) is 11.0. The van der Waals surface area contributed by atoms with Crippen LogP contribution in [-0.2, 0) is 7.05 Å². The lowest BCUT2D eigenvalue weighted by Crippen LogP contribution is -1.85. The van der Waals surface area contributed by atoms with Crippen molar-refractivity contribution < 1.29 is 0 Å². The summed E-state index contributed by atoms with van der Waals surface area (Å²) < 4.78 is 1.64. The quantitative estimate of drug-likeness (QED) is 0.141. The molecule has 8 aromatic rings. The summed E-state index contributed by atoms with van der Waals surface area (Å²) in [7, 11) is 1.83. The lowest BCUT2D eigenvalue weighted by molar-refractivity contribution is 0.715. The Bertz CT molecular complexity index is 1580. The fraction of sp³-hybridized carbons (Fsp3) is 0.421. The van der Waals surface area contributed by atoms with E-state index in [2.05, 4.69) is 65.6 Å². The molecule has 14 heteroatoms. The number of hydrogen-bond donors (Lipinski definition) is 0. The number of aromatic nitrogens is 14. The molecule has 0 fully saturated rings. The van der Waals surface area contributed by atoms with Crippen molar-refractivity contribution in [1.29, 1.82) is 0 Å². The maximum atomic E-state index is 3.98. The van der Waals surface area contributed by atoms with Crippen LogP contribution in [0, 0.1) is 48.5 Å². The highest BCUT2D eigenvalue weighted by molar-refractivity contribution is 5.06. The number of aryl methyl sites for hydroxylation is 8. The molecule has 0 unspecified atom stereocenters. The molecular weight excluding hydrogens is 881 g/mol. The van der Waals surface area contributed by atoms with E-state index in [4.69, 9.17) is 0 Å². The van der Waals surface area contributed by atoms with Crippen LogP contribution < -0.4 is 0 Å². The summed E-state index contributed by atoms with van der Waals surface area (Å²) in [6, 6.07) is 23.1. The largest absolute Gasteiger partial charge is 0.265 e. The summed E-state index contributed by atoms with van der Waals surface area (Å²) in [5.41, 5.74) is 6.66. The van der Waals surface area contributed by atoms with Crippen molar-refractivity contribution in [3.8, 4) is 0 Å². The van der Waals surface area contributed by atoms with Gasteiger partial charge in [-0.3, -0.25) is 19.6 Å².